The summed E-state index contributed by atoms with van der Waals surface area (Å²) >= 11 is 0. The van der Waals surface area contributed by atoms with Crippen LogP contribution in [-0.4, -0.2) is 20.8 Å². The van der Waals surface area contributed by atoms with Gasteiger partial charge in [0.05, 0.1) is 14.2 Å². The van der Waals surface area contributed by atoms with Crippen molar-refractivity contribution in [1.82, 2.24) is 0 Å². The van der Waals surface area contributed by atoms with Gasteiger partial charge in [-0.15, -0.1) is 0 Å². The van der Waals surface area contributed by atoms with Crippen LogP contribution in [-0.2, 0) is 0 Å². The number of ether oxygens (including phenoxy) is 3. The highest BCUT2D eigenvalue weighted by Gasteiger charge is 2.01. The van der Waals surface area contributed by atoms with Crippen LogP contribution in [0.15, 0.2) is 18.2 Å². The Morgan fingerprint density at radius 2 is 1.56 bits per heavy atom. The first-order chi connectivity index (χ1) is 8.80. The second kappa shape index (κ2) is 8.30. The highest BCUT2D eigenvalue weighted by atomic mass is 16.5. The van der Waals surface area contributed by atoms with Gasteiger partial charge in [0.1, 0.15) is 23.9 Å². The molecule has 1 aromatic carbocycles. The summed E-state index contributed by atoms with van der Waals surface area (Å²) in [5.74, 6) is 8.19. The molecule has 1 aromatic rings. The normalized spacial score (nSPS) is 9.28. The number of methoxy groups -OCH3 is 2. The molecule has 3 nitrogen and oxygen atoms in total. The molecule has 1 rings (SSSR count). The Bertz CT molecular complexity index is 393. The molecule has 0 radical (unpaired) electrons. The van der Waals surface area contributed by atoms with Crippen molar-refractivity contribution in [2.75, 3.05) is 20.8 Å². The Morgan fingerprint density at radius 1 is 0.944 bits per heavy atom. The minimum Gasteiger partial charge on any atom is -0.496 e. The molecule has 0 heterocycles. The van der Waals surface area contributed by atoms with Crippen molar-refractivity contribution in [3.05, 3.63) is 18.2 Å². The zero-order valence-corrected chi connectivity index (χ0v) is 11.3. The summed E-state index contributed by atoms with van der Waals surface area (Å²) in [5, 5.41) is 0. The smallest absolute Gasteiger partial charge is 0.149 e. The van der Waals surface area contributed by atoms with Crippen LogP contribution in [0.1, 0.15) is 26.2 Å². The molecule has 0 aliphatic carbocycles. The highest BCUT2D eigenvalue weighted by Crippen LogP contribution is 2.27. The summed E-state index contributed by atoms with van der Waals surface area (Å²) in [5.41, 5.74) is 0. The maximum Gasteiger partial charge on any atom is 0.149 e. The average molecular weight is 248 g/mol. The Balaban J connectivity index is 2.52. The number of unbranched alkanes of at least 4 members (excludes halogenated alkanes) is 2. The Labute approximate surface area is 109 Å². The first kappa shape index (κ1) is 14.2. The number of hydrogen-bond acceptors (Lipinski definition) is 3. The first-order valence-electron chi connectivity index (χ1n) is 6.11. The van der Waals surface area contributed by atoms with Crippen molar-refractivity contribution in [2.45, 2.75) is 26.2 Å². The molecule has 3 heteroatoms. The van der Waals surface area contributed by atoms with Gasteiger partial charge >= 0.3 is 0 Å². The standard InChI is InChI=1S/C15H20O3/c1-4-5-6-7-8-9-18-15-11-13(16-2)10-14(12-15)17-3/h10-12H,4-6,9H2,1-3H3. The minimum absolute atomic E-state index is 0.389. The monoisotopic (exact) mass is 248 g/mol. The van der Waals surface area contributed by atoms with Gasteiger partial charge in [-0.2, -0.15) is 0 Å². The van der Waals surface area contributed by atoms with Crippen molar-refractivity contribution in [2.24, 2.45) is 0 Å². The van der Waals surface area contributed by atoms with Crippen LogP contribution in [0, 0.1) is 11.8 Å². The van der Waals surface area contributed by atoms with Gasteiger partial charge in [0, 0.05) is 24.6 Å². The molecule has 0 aliphatic heterocycles. The third kappa shape index (κ3) is 5.01. The van der Waals surface area contributed by atoms with Crippen LogP contribution < -0.4 is 14.2 Å². The van der Waals surface area contributed by atoms with Crippen molar-refractivity contribution in [1.29, 1.82) is 0 Å². The second-order valence-electron chi connectivity index (χ2n) is 3.79. The predicted octanol–water partition coefficient (Wildman–Crippen LogP) is 3.28. The van der Waals surface area contributed by atoms with E-state index in [1.807, 2.05) is 12.1 Å². The second-order valence-corrected chi connectivity index (χ2v) is 3.79. The van der Waals surface area contributed by atoms with E-state index in [9.17, 15) is 0 Å². The van der Waals surface area contributed by atoms with Gasteiger partial charge in [0.25, 0.3) is 0 Å². The molecule has 18 heavy (non-hydrogen) atoms. The molecule has 98 valence electrons. The van der Waals surface area contributed by atoms with Gasteiger partial charge in [-0.05, 0) is 6.42 Å². The molecule has 0 N–H and O–H groups in total. The first-order valence-corrected chi connectivity index (χ1v) is 6.11. The van der Waals surface area contributed by atoms with E-state index in [0.29, 0.717) is 23.9 Å². The van der Waals surface area contributed by atoms with Crippen LogP contribution in [0.25, 0.3) is 0 Å². The molecule has 0 unspecified atom stereocenters. The molecule has 0 spiro atoms. The zero-order chi connectivity index (χ0) is 13.2. The third-order valence-electron chi connectivity index (χ3n) is 2.42. The van der Waals surface area contributed by atoms with E-state index in [-0.39, 0.29) is 0 Å². The summed E-state index contributed by atoms with van der Waals surface area (Å²) in [6.07, 6.45) is 3.24. The maximum absolute atomic E-state index is 5.54. The van der Waals surface area contributed by atoms with Crippen LogP contribution in [0.3, 0.4) is 0 Å². The lowest BCUT2D eigenvalue weighted by atomic mass is 10.2. The molecule has 0 saturated carbocycles. The SMILES string of the molecule is CCCCC#CCOc1cc(OC)cc(OC)c1. The van der Waals surface area contributed by atoms with Crippen molar-refractivity contribution in [3.63, 3.8) is 0 Å². The average Bonchev–Trinajstić information content (AvgIpc) is 2.42. The molecular weight excluding hydrogens is 228 g/mol. The van der Waals surface area contributed by atoms with Crippen LogP contribution in [0.5, 0.6) is 17.2 Å². The fraction of sp³-hybridized carbons (Fsp3) is 0.467. The summed E-state index contributed by atoms with van der Waals surface area (Å²) < 4.78 is 15.9. The lowest BCUT2D eigenvalue weighted by molar-refractivity contribution is 0.353. The zero-order valence-electron chi connectivity index (χ0n) is 11.3. The number of hydrogen-bond donors (Lipinski definition) is 0. The molecule has 0 atom stereocenters. The van der Waals surface area contributed by atoms with Gasteiger partial charge in [-0.3, -0.25) is 0 Å². The predicted molar refractivity (Wildman–Crippen MR) is 72.3 cm³/mol. The van der Waals surface area contributed by atoms with E-state index in [1.165, 1.54) is 6.42 Å². The summed E-state index contributed by atoms with van der Waals surface area (Å²) in [6.45, 7) is 2.54. The van der Waals surface area contributed by atoms with E-state index in [0.717, 1.165) is 12.8 Å². The largest absolute Gasteiger partial charge is 0.496 e. The van der Waals surface area contributed by atoms with Crippen LogP contribution >= 0.6 is 0 Å². The maximum atomic E-state index is 5.54. The molecule has 0 aromatic heterocycles. The summed E-state index contributed by atoms with van der Waals surface area (Å²) in [7, 11) is 3.23. The number of benzene rings is 1. The fourth-order valence-electron chi connectivity index (χ4n) is 1.39. The quantitative estimate of drug-likeness (QED) is 0.571. The highest BCUT2D eigenvalue weighted by molar-refractivity contribution is 5.42. The van der Waals surface area contributed by atoms with E-state index in [1.54, 1.807) is 20.3 Å². The van der Waals surface area contributed by atoms with Gasteiger partial charge in [0.2, 0.25) is 0 Å². The Morgan fingerprint density at radius 3 is 2.11 bits per heavy atom. The van der Waals surface area contributed by atoms with Crippen LogP contribution in [0.2, 0.25) is 0 Å². The summed E-state index contributed by atoms with van der Waals surface area (Å²) in [6, 6.07) is 5.44. The van der Waals surface area contributed by atoms with Crippen molar-refractivity contribution >= 4 is 0 Å². The third-order valence-corrected chi connectivity index (χ3v) is 2.42. The molecule has 0 aliphatic rings. The minimum atomic E-state index is 0.389. The molecule has 0 saturated heterocycles. The van der Waals surface area contributed by atoms with Gasteiger partial charge in [0.15, 0.2) is 0 Å². The molecule has 0 bridgehead atoms. The van der Waals surface area contributed by atoms with E-state index in [4.69, 9.17) is 14.2 Å². The Hall–Kier alpha value is -1.82. The molecule has 0 amide bonds. The Kier molecular flexibility index (Phi) is 6.56. The summed E-state index contributed by atoms with van der Waals surface area (Å²) in [4.78, 5) is 0. The van der Waals surface area contributed by atoms with E-state index in [2.05, 4.69) is 18.8 Å². The number of rotatable bonds is 6. The lowest BCUT2D eigenvalue weighted by Gasteiger charge is -2.08. The molecule has 0 fully saturated rings. The van der Waals surface area contributed by atoms with Gasteiger partial charge < -0.3 is 14.2 Å². The topological polar surface area (TPSA) is 27.7 Å². The van der Waals surface area contributed by atoms with Crippen molar-refractivity contribution < 1.29 is 14.2 Å². The van der Waals surface area contributed by atoms with Gasteiger partial charge in [-0.25, -0.2) is 0 Å². The van der Waals surface area contributed by atoms with E-state index < -0.39 is 0 Å². The van der Waals surface area contributed by atoms with Crippen LogP contribution in [0.4, 0.5) is 0 Å². The van der Waals surface area contributed by atoms with Crippen molar-refractivity contribution in [3.8, 4) is 29.1 Å². The lowest BCUT2D eigenvalue weighted by Crippen LogP contribution is -1.95. The molecular formula is C15H20O3. The van der Waals surface area contributed by atoms with Gasteiger partial charge in [-0.1, -0.05) is 25.2 Å². The van der Waals surface area contributed by atoms with E-state index >= 15 is 0 Å². The fourth-order valence-corrected chi connectivity index (χ4v) is 1.39.